The number of rotatable bonds is 1. The topological polar surface area (TPSA) is 67.1 Å². The highest BCUT2D eigenvalue weighted by molar-refractivity contribution is 5.86. The highest BCUT2D eigenvalue weighted by Gasteiger charge is 2.25. The fourth-order valence-corrected chi connectivity index (χ4v) is 1.84. The van der Waals surface area contributed by atoms with Gasteiger partial charge in [0.05, 0.1) is 5.92 Å². The zero-order valence-corrected chi connectivity index (χ0v) is 10.2. The van der Waals surface area contributed by atoms with Crippen molar-refractivity contribution in [3.8, 4) is 0 Å². The van der Waals surface area contributed by atoms with Crippen LogP contribution in [0.25, 0.3) is 0 Å². The number of amides is 1. The number of nitrogens with two attached hydrogens (primary N) is 1. The number of anilines is 1. The average molecular weight is 264 g/mol. The van der Waals surface area contributed by atoms with Crippen LogP contribution in [0.1, 0.15) is 17.9 Å². The molecule has 0 spiro atoms. The van der Waals surface area contributed by atoms with E-state index in [0.29, 0.717) is 0 Å². The molecule has 4 N–H and O–H groups in total. The molecule has 0 saturated heterocycles. The van der Waals surface area contributed by atoms with Crippen molar-refractivity contribution >= 4 is 36.4 Å². The Bertz CT molecular complexity index is 360. The highest BCUT2D eigenvalue weighted by Crippen LogP contribution is 2.30. The van der Waals surface area contributed by atoms with Crippen LogP contribution in [0, 0.1) is 0 Å². The summed E-state index contributed by atoms with van der Waals surface area (Å²) in [5.74, 6) is 4.91. The Balaban J connectivity index is 0.00000112. The number of nitrogens with one attached hydrogen (secondary N) is 2. The van der Waals surface area contributed by atoms with Crippen LogP contribution in [0.2, 0.25) is 0 Å². The Morgan fingerprint density at radius 2 is 2.06 bits per heavy atom. The zero-order chi connectivity index (χ0) is 9.97. The molecule has 6 heteroatoms. The van der Waals surface area contributed by atoms with Gasteiger partial charge >= 0.3 is 0 Å². The van der Waals surface area contributed by atoms with Crippen LogP contribution in [-0.4, -0.2) is 12.5 Å². The molecule has 1 unspecified atom stereocenters. The molecule has 1 heterocycles. The SMILES string of the molecule is Cl.Cl.NNC(=O)C1CCNc2ccccc21. The Kier molecular flexibility index (Phi) is 6.18. The van der Waals surface area contributed by atoms with Gasteiger partial charge in [-0.1, -0.05) is 18.2 Å². The molecule has 4 nitrogen and oxygen atoms in total. The minimum atomic E-state index is -0.113. The molecule has 0 saturated carbocycles. The van der Waals surface area contributed by atoms with E-state index in [1.165, 1.54) is 0 Å². The number of fused-ring (bicyclic) bond motifs is 1. The van der Waals surface area contributed by atoms with Gasteiger partial charge in [0.25, 0.3) is 0 Å². The van der Waals surface area contributed by atoms with Crippen molar-refractivity contribution < 1.29 is 4.79 Å². The van der Waals surface area contributed by atoms with Gasteiger partial charge in [0.15, 0.2) is 0 Å². The number of carbonyl (C=O) groups excluding carboxylic acids is 1. The molecule has 0 aliphatic carbocycles. The van der Waals surface area contributed by atoms with Crippen molar-refractivity contribution in [2.24, 2.45) is 5.84 Å². The van der Waals surface area contributed by atoms with Crippen LogP contribution in [0.5, 0.6) is 0 Å². The Hall–Kier alpha value is -0.970. The Morgan fingerprint density at radius 1 is 1.38 bits per heavy atom. The lowest BCUT2D eigenvalue weighted by Gasteiger charge is -2.25. The first-order valence-electron chi connectivity index (χ1n) is 4.66. The summed E-state index contributed by atoms with van der Waals surface area (Å²) in [5.41, 5.74) is 4.27. The van der Waals surface area contributed by atoms with Crippen molar-refractivity contribution in [3.63, 3.8) is 0 Å². The average Bonchev–Trinajstić information content (AvgIpc) is 2.27. The fourth-order valence-electron chi connectivity index (χ4n) is 1.84. The molecule has 16 heavy (non-hydrogen) atoms. The van der Waals surface area contributed by atoms with Crippen LogP contribution in [0.15, 0.2) is 24.3 Å². The van der Waals surface area contributed by atoms with E-state index in [9.17, 15) is 4.79 Å². The van der Waals surface area contributed by atoms with Gasteiger partial charge in [-0.3, -0.25) is 10.2 Å². The lowest BCUT2D eigenvalue weighted by Crippen LogP contribution is -2.37. The molecule has 0 radical (unpaired) electrons. The van der Waals surface area contributed by atoms with E-state index < -0.39 is 0 Å². The minimum Gasteiger partial charge on any atom is -0.385 e. The van der Waals surface area contributed by atoms with E-state index in [-0.39, 0.29) is 36.6 Å². The number of carbonyl (C=O) groups is 1. The van der Waals surface area contributed by atoms with Crippen LogP contribution in [0.4, 0.5) is 5.69 Å². The molecular formula is C10H15Cl2N3O. The predicted molar refractivity (Wildman–Crippen MR) is 69.1 cm³/mol. The molecule has 90 valence electrons. The maximum Gasteiger partial charge on any atom is 0.241 e. The predicted octanol–water partition coefficient (Wildman–Crippen LogP) is 1.42. The van der Waals surface area contributed by atoms with E-state index in [1.807, 2.05) is 24.3 Å². The second-order valence-electron chi connectivity index (χ2n) is 3.36. The quantitative estimate of drug-likeness (QED) is 0.408. The van der Waals surface area contributed by atoms with Gasteiger partial charge in [0.1, 0.15) is 0 Å². The standard InChI is InChI=1S/C10H13N3O.2ClH/c11-13-10(14)8-5-6-12-9-4-2-1-3-7(8)9;;/h1-4,8,12H,5-6,11H2,(H,13,14);2*1H. The maximum absolute atomic E-state index is 11.5. The molecule has 1 aromatic rings. The van der Waals surface area contributed by atoms with E-state index in [0.717, 1.165) is 24.2 Å². The first kappa shape index (κ1) is 15.0. The molecule has 2 rings (SSSR count). The number of halogens is 2. The monoisotopic (exact) mass is 263 g/mol. The summed E-state index contributed by atoms with van der Waals surface area (Å²) < 4.78 is 0. The molecule has 1 atom stereocenters. The molecule has 1 aromatic carbocycles. The number of hydrazine groups is 1. The summed E-state index contributed by atoms with van der Waals surface area (Å²) in [6.45, 7) is 0.815. The zero-order valence-electron chi connectivity index (χ0n) is 8.60. The second-order valence-corrected chi connectivity index (χ2v) is 3.36. The minimum absolute atomic E-state index is 0. The number of para-hydroxylation sites is 1. The van der Waals surface area contributed by atoms with Crippen LogP contribution >= 0.6 is 24.8 Å². The molecule has 0 bridgehead atoms. The van der Waals surface area contributed by atoms with Crippen molar-refractivity contribution in [3.05, 3.63) is 29.8 Å². The van der Waals surface area contributed by atoms with Crippen molar-refractivity contribution in [1.82, 2.24) is 5.43 Å². The summed E-state index contributed by atoms with van der Waals surface area (Å²) in [4.78, 5) is 11.5. The van der Waals surface area contributed by atoms with Gasteiger partial charge in [-0.25, -0.2) is 5.84 Å². The Morgan fingerprint density at radius 3 is 2.75 bits per heavy atom. The molecule has 0 aromatic heterocycles. The lowest BCUT2D eigenvalue weighted by molar-refractivity contribution is -0.122. The third kappa shape index (κ3) is 2.78. The maximum atomic E-state index is 11.5. The van der Waals surface area contributed by atoms with Crippen LogP contribution < -0.4 is 16.6 Å². The first-order chi connectivity index (χ1) is 6.83. The molecule has 1 aliphatic heterocycles. The van der Waals surface area contributed by atoms with Gasteiger partial charge < -0.3 is 5.32 Å². The second kappa shape index (κ2) is 6.58. The molecule has 1 amide bonds. The van der Waals surface area contributed by atoms with Crippen LogP contribution in [0.3, 0.4) is 0 Å². The van der Waals surface area contributed by atoms with E-state index >= 15 is 0 Å². The Labute approximate surface area is 107 Å². The van der Waals surface area contributed by atoms with Gasteiger partial charge in [-0.2, -0.15) is 0 Å². The number of benzene rings is 1. The van der Waals surface area contributed by atoms with E-state index in [2.05, 4.69) is 10.7 Å². The first-order valence-corrected chi connectivity index (χ1v) is 4.66. The van der Waals surface area contributed by atoms with Crippen LogP contribution in [-0.2, 0) is 4.79 Å². The highest BCUT2D eigenvalue weighted by atomic mass is 35.5. The van der Waals surface area contributed by atoms with E-state index in [1.54, 1.807) is 0 Å². The van der Waals surface area contributed by atoms with Crippen molar-refractivity contribution in [2.75, 3.05) is 11.9 Å². The summed E-state index contributed by atoms with van der Waals surface area (Å²) in [5, 5.41) is 3.25. The van der Waals surface area contributed by atoms with Gasteiger partial charge in [-0.15, -0.1) is 24.8 Å². The van der Waals surface area contributed by atoms with Gasteiger partial charge in [0.2, 0.25) is 5.91 Å². The smallest absolute Gasteiger partial charge is 0.241 e. The normalized spacial score (nSPS) is 16.9. The largest absolute Gasteiger partial charge is 0.385 e. The summed E-state index contributed by atoms with van der Waals surface area (Å²) in [6, 6.07) is 7.82. The molecular weight excluding hydrogens is 249 g/mol. The molecule has 1 aliphatic rings. The van der Waals surface area contributed by atoms with E-state index in [4.69, 9.17) is 5.84 Å². The fraction of sp³-hybridized carbons (Fsp3) is 0.300. The number of hydrogen-bond acceptors (Lipinski definition) is 3. The third-order valence-corrected chi connectivity index (χ3v) is 2.54. The number of hydrogen-bond donors (Lipinski definition) is 3. The summed E-state index contributed by atoms with van der Waals surface area (Å²) in [7, 11) is 0. The molecule has 0 fully saturated rings. The summed E-state index contributed by atoms with van der Waals surface area (Å²) >= 11 is 0. The van der Waals surface area contributed by atoms with Gasteiger partial charge in [0, 0.05) is 12.2 Å². The van der Waals surface area contributed by atoms with Crippen molar-refractivity contribution in [2.45, 2.75) is 12.3 Å². The van der Waals surface area contributed by atoms with Crippen molar-refractivity contribution in [1.29, 1.82) is 0 Å². The van der Waals surface area contributed by atoms with Gasteiger partial charge in [-0.05, 0) is 18.1 Å². The third-order valence-electron chi connectivity index (χ3n) is 2.54. The summed E-state index contributed by atoms with van der Waals surface area (Å²) in [6.07, 6.45) is 0.792. The lowest BCUT2D eigenvalue weighted by atomic mass is 9.90.